The van der Waals surface area contributed by atoms with Crippen LogP contribution < -0.4 is 11.1 Å². The number of halogens is 4. The van der Waals surface area contributed by atoms with E-state index in [0.717, 1.165) is 24.3 Å². The molecule has 13 heteroatoms. The van der Waals surface area contributed by atoms with Gasteiger partial charge in [0.25, 0.3) is 11.6 Å². The first-order valence-corrected chi connectivity index (χ1v) is 8.84. The van der Waals surface area contributed by atoms with Gasteiger partial charge in [0.1, 0.15) is 18.2 Å². The van der Waals surface area contributed by atoms with Gasteiger partial charge in [0.15, 0.2) is 0 Å². The summed E-state index contributed by atoms with van der Waals surface area (Å²) in [5.41, 5.74) is -0.420. The van der Waals surface area contributed by atoms with Crippen LogP contribution in [0.1, 0.15) is 5.56 Å². The van der Waals surface area contributed by atoms with Crippen LogP contribution >= 0.6 is 23.2 Å². The molecule has 0 saturated carbocycles. The maximum atomic E-state index is 13.7. The van der Waals surface area contributed by atoms with Crippen molar-refractivity contribution in [2.24, 2.45) is 0 Å². The van der Waals surface area contributed by atoms with E-state index in [2.05, 4.69) is 10.4 Å². The Bertz CT molecular complexity index is 1210. The van der Waals surface area contributed by atoms with Crippen molar-refractivity contribution in [3.8, 4) is 11.5 Å². The van der Waals surface area contributed by atoms with E-state index < -0.39 is 46.3 Å². The number of nitro benzene ring substituents is 1. The Balaban J connectivity index is 1.74. The van der Waals surface area contributed by atoms with Crippen molar-refractivity contribution in [2.75, 3.05) is 0 Å². The second kappa shape index (κ2) is 8.59. The smallest absolute Gasteiger partial charge is 0.388 e. The molecule has 0 aliphatic rings. The van der Waals surface area contributed by atoms with Crippen LogP contribution in [0.4, 0.5) is 14.5 Å². The Morgan fingerprint density at radius 1 is 1.23 bits per heavy atom. The van der Waals surface area contributed by atoms with Gasteiger partial charge in [-0.25, -0.2) is 13.6 Å². The third-order valence-corrected chi connectivity index (χ3v) is 4.62. The number of benzene rings is 2. The Morgan fingerprint density at radius 2 is 1.93 bits per heavy atom. The molecule has 3 rings (SSSR count). The van der Waals surface area contributed by atoms with Crippen LogP contribution in [0, 0.1) is 21.7 Å². The molecule has 0 bridgehead atoms. The molecule has 0 aliphatic carbocycles. The van der Waals surface area contributed by atoms with Crippen LogP contribution in [0.3, 0.4) is 0 Å². The molecule has 1 N–H and O–H groups in total. The highest BCUT2D eigenvalue weighted by Crippen LogP contribution is 2.29. The van der Waals surface area contributed by atoms with Crippen molar-refractivity contribution in [3.63, 3.8) is 0 Å². The number of non-ortho nitro benzene ring substituents is 1. The van der Waals surface area contributed by atoms with Gasteiger partial charge in [0.05, 0.1) is 20.5 Å². The van der Waals surface area contributed by atoms with Crippen LogP contribution in [0.15, 0.2) is 39.5 Å². The average molecular weight is 459 g/mol. The number of nitrogens with zero attached hydrogens (tertiary/aromatic N) is 3. The van der Waals surface area contributed by atoms with Gasteiger partial charge in [0.2, 0.25) is 5.91 Å². The number of rotatable bonds is 6. The van der Waals surface area contributed by atoms with E-state index in [9.17, 15) is 28.5 Å². The minimum atomic E-state index is -0.996. The minimum absolute atomic E-state index is 0.0849. The van der Waals surface area contributed by atoms with Crippen LogP contribution in [0.25, 0.3) is 11.5 Å². The molecule has 0 atom stereocenters. The predicted octanol–water partition coefficient (Wildman–Crippen LogP) is 3.31. The van der Waals surface area contributed by atoms with Crippen molar-refractivity contribution in [1.29, 1.82) is 0 Å². The van der Waals surface area contributed by atoms with E-state index >= 15 is 0 Å². The summed E-state index contributed by atoms with van der Waals surface area (Å²) in [4.78, 5) is 34.1. The fourth-order valence-corrected chi connectivity index (χ4v) is 2.89. The zero-order chi connectivity index (χ0) is 22.0. The number of nitrogens with one attached hydrogen (secondary N) is 1. The van der Waals surface area contributed by atoms with Crippen LogP contribution in [-0.2, 0) is 17.9 Å². The maximum Gasteiger partial charge on any atom is 0.437 e. The Kier molecular flexibility index (Phi) is 6.13. The van der Waals surface area contributed by atoms with Gasteiger partial charge in [-0.15, -0.1) is 5.10 Å². The number of carbonyl (C=O) groups excluding carboxylic acids is 1. The van der Waals surface area contributed by atoms with E-state index in [0.29, 0.717) is 4.68 Å². The number of amides is 1. The van der Waals surface area contributed by atoms with Crippen molar-refractivity contribution in [2.45, 2.75) is 13.1 Å². The number of carbonyl (C=O) groups is 1. The van der Waals surface area contributed by atoms with Gasteiger partial charge >= 0.3 is 5.76 Å². The summed E-state index contributed by atoms with van der Waals surface area (Å²) in [6.07, 6.45) is 0. The van der Waals surface area contributed by atoms with Gasteiger partial charge < -0.3 is 9.73 Å². The SMILES string of the molecule is O=C(Cn1nc(-c2ccc([N+](=O)[O-])cc2Cl)oc1=O)NCc1c(F)ccc(F)c1Cl. The largest absolute Gasteiger partial charge is 0.437 e. The van der Waals surface area contributed by atoms with E-state index in [4.69, 9.17) is 27.6 Å². The summed E-state index contributed by atoms with van der Waals surface area (Å²) in [5.74, 6) is -3.67. The van der Waals surface area contributed by atoms with E-state index in [1.54, 1.807) is 0 Å². The molecule has 0 saturated heterocycles. The lowest BCUT2D eigenvalue weighted by Crippen LogP contribution is -2.31. The molecule has 0 spiro atoms. The molecule has 0 radical (unpaired) electrons. The van der Waals surface area contributed by atoms with Crippen molar-refractivity contribution < 1.29 is 22.9 Å². The highest BCUT2D eigenvalue weighted by molar-refractivity contribution is 6.33. The van der Waals surface area contributed by atoms with Gasteiger partial charge in [0, 0.05) is 24.2 Å². The molecule has 2 aromatic carbocycles. The molecule has 3 aromatic rings. The van der Waals surface area contributed by atoms with E-state index in [1.165, 1.54) is 6.07 Å². The fourth-order valence-electron chi connectivity index (χ4n) is 2.42. The van der Waals surface area contributed by atoms with Gasteiger partial charge in [-0.05, 0) is 18.2 Å². The zero-order valence-electron chi connectivity index (χ0n) is 14.7. The van der Waals surface area contributed by atoms with Crippen LogP contribution in [0.5, 0.6) is 0 Å². The monoisotopic (exact) mass is 458 g/mol. The predicted molar refractivity (Wildman–Crippen MR) is 101 cm³/mol. The van der Waals surface area contributed by atoms with Crippen LogP contribution in [-0.4, -0.2) is 20.6 Å². The van der Waals surface area contributed by atoms with Crippen LogP contribution in [0.2, 0.25) is 10.0 Å². The first kappa shape index (κ1) is 21.4. The lowest BCUT2D eigenvalue weighted by molar-refractivity contribution is -0.384. The molecule has 1 amide bonds. The summed E-state index contributed by atoms with van der Waals surface area (Å²) in [6, 6.07) is 5.16. The van der Waals surface area contributed by atoms with Crippen molar-refractivity contribution in [3.05, 3.63) is 78.2 Å². The van der Waals surface area contributed by atoms with Gasteiger partial charge in [-0.2, -0.15) is 4.68 Å². The molecule has 0 unspecified atom stereocenters. The summed E-state index contributed by atoms with van der Waals surface area (Å²) >= 11 is 11.6. The lowest BCUT2D eigenvalue weighted by Gasteiger charge is -2.08. The highest BCUT2D eigenvalue weighted by atomic mass is 35.5. The fraction of sp³-hybridized carbons (Fsp3) is 0.118. The minimum Gasteiger partial charge on any atom is -0.388 e. The molecular weight excluding hydrogens is 449 g/mol. The second-order valence-corrected chi connectivity index (χ2v) is 6.64. The number of aromatic nitrogens is 2. The zero-order valence-corrected chi connectivity index (χ0v) is 16.2. The molecule has 1 heterocycles. The highest BCUT2D eigenvalue weighted by Gasteiger charge is 2.18. The lowest BCUT2D eigenvalue weighted by atomic mass is 10.2. The Morgan fingerprint density at radius 3 is 2.60 bits per heavy atom. The van der Waals surface area contributed by atoms with Gasteiger partial charge in [-0.3, -0.25) is 14.9 Å². The number of hydrogen-bond acceptors (Lipinski definition) is 6. The first-order chi connectivity index (χ1) is 14.2. The molecule has 0 fully saturated rings. The molecule has 156 valence electrons. The summed E-state index contributed by atoms with van der Waals surface area (Å²) < 4.78 is 32.8. The quantitative estimate of drug-likeness (QED) is 0.343. The summed E-state index contributed by atoms with van der Waals surface area (Å²) in [6.45, 7) is -1.02. The molecule has 30 heavy (non-hydrogen) atoms. The molecule has 9 nitrogen and oxygen atoms in total. The van der Waals surface area contributed by atoms with Crippen molar-refractivity contribution >= 4 is 34.8 Å². The standard InChI is InChI=1S/C17H10Cl2F2N4O5/c18-11-5-8(25(28)29)1-2-9(11)16-23-24(17(27)30-16)7-14(26)22-6-10-12(20)3-4-13(21)15(10)19/h1-5H,6-7H2,(H,22,26). The topological polar surface area (TPSA) is 120 Å². The molecule has 1 aromatic heterocycles. The number of nitro groups is 1. The Labute approximate surface area is 176 Å². The van der Waals surface area contributed by atoms with Crippen molar-refractivity contribution in [1.82, 2.24) is 15.1 Å². The summed E-state index contributed by atoms with van der Waals surface area (Å²) in [5, 5.41) is 16.3. The maximum absolute atomic E-state index is 13.7. The first-order valence-electron chi connectivity index (χ1n) is 8.08. The van der Waals surface area contributed by atoms with Gasteiger partial charge in [-0.1, -0.05) is 23.2 Å². The van der Waals surface area contributed by atoms with E-state index in [-0.39, 0.29) is 27.7 Å². The Hall–Kier alpha value is -3.31. The number of hydrogen-bond donors (Lipinski definition) is 1. The second-order valence-electron chi connectivity index (χ2n) is 5.85. The third kappa shape index (κ3) is 4.47. The summed E-state index contributed by atoms with van der Waals surface area (Å²) in [7, 11) is 0. The average Bonchev–Trinajstić information content (AvgIpc) is 3.04. The molecular formula is C17H10Cl2F2N4O5. The molecule has 0 aliphatic heterocycles. The normalized spacial score (nSPS) is 10.8. The van der Waals surface area contributed by atoms with E-state index in [1.807, 2.05) is 0 Å². The third-order valence-electron chi connectivity index (χ3n) is 3.89.